The third-order valence-electron chi connectivity index (χ3n) is 3.96. The molecule has 0 unspecified atom stereocenters. The number of nitrogens with one attached hydrogen (secondary N) is 2. The number of rotatable bonds is 5. The fraction of sp³-hybridized carbons (Fsp3) is 0.444. The van der Waals surface area contributed by atoms with Crippen LogP contribution in [0.5, 0.6) is 0 Å². The number of benzene rings is 1. The molecular formula is C18H26N4S. The Balaban J connectivity index is 1.90. The molecule has 0 radical (unpaired) electrons. The number of aryl methyl sites for hydroxylation is 2. The Morgan fingerprint density at radius 2 is 1.87 bits per heavy atom. The van der Waals surface area contributed by atoms with Gasteiger partial charge in [0.15, 0.2) is 5.96 Å². The molecule has 0 aliphatic heterocycles. The molecule has 0 aliphatic carbocycles. The summed E-state index contributed by atoms with van der Waals surface area (Å²) < 4.78 is 0. The molecule has 1 aromatic carbocycles. The van der Waals surface area contributed by atoms with Crippen LogP contribution < -0.4 is 10.6 Å². The Bertz CT molecular complexity index is 639. The molecule has 0 saturated heterocycles. The molecule has 0 atom stereocenters. The molecule has 0 fully saturated rings. The second-order valence-corrected chi connectivity index (χ2v) is 7.57. The molecule has 5 heteroatoms. The van der Waals surface area contributed by atoms with E-state index in [2.05, 4.69) is 65.6 Å². The molecule has 1 heterocycles. The lowest BCUT2D eigenvalue weighted by Gasteiger charge is -2.26. The highest BCUT2D eigenvalue weighted by Gasteiger charge is 2.20. The topological polar surface area (TPSA) is 49.3 Å². The number of thiazole rings is 1. The van der Waals surface area contributed by atoms with Crippen LogP contribution in [0.25, 0.3) is 0 Å². The number of nitrogens with zero attached hydrogens (tertiary/aromatic N) is 2. The number of aliphatic imine (C=N–C) groups is 1. The summed E-state index contributed by atoms with van der Waals surface area (Å²) in [6, 6.07) is 10.5. The highest BCUT2D eigenvalue weighted by Crippen LogP contribution is 2.21. The van der Waals surface area contributed by atoms with E-state index < -0.39 is 0 Å². The first kappa shape index (κ1) is 17.5. The minimum Gasteiger partial charge on any atom is -0.356 e. The van der Waals surface area contributed by atoms with Crippen molar-refractivity contribution in [3.05, 3.63) is 51.5 Å². The van der Waals surface area contributed by atoms with E-state index >= 15 is 0 Å². The van der Waals surface area contributed by atoms with E-state index in [1.54, 1.807) is 18.4 Å². The number of hydrogen-bond acceptors (Lipinski definition) is 3. The first-order valence-corrected chi connectivity index (χ1v) is 8.67. The fourth-order valence-corrected chi connectivity index (χ4v) is 3.16. The van der Waals surface area contributed by atoms with Crippen LogP contribution in [0.4, 0.5) is 0 Å². The molecule has 0 saturated carbocycles. The first-order valence-electron chi connectivity index (χ1n) is 7.85. The summed E-state index contributed by atoms with van der Waals surface area (Å²) in [7, 11) is 1.79. The van der Waals surface area contributed by atoms with Gasteiger partial charge in [0.2, 0.25) is 0 Å². The van der Waals surface area contributed by atoms with Crippen LogP contribution in [-0.4, -0.2) is 24.5 Å². The number of aromatic nitrogens is 1. The average molecular weight is 331 g/mol. The van der Waals surface area contributed by atoms with Crippen LogP contribution in [-0.2, 0) is 12.0 Å². The van der Waals surface area contributed by atoms with Crippen molar-refractivity contribution < 1.29 is 0 Å². The van der Waals surface area contributed by atoms with Gasteiger partial charge in [-0.1, -0.05) is 44.2 Å². The predicted molar refractivity (Wildman–Crippen MR) is 99.3 cm³/mol. The standard InChI is InChI=1S/C18H26N4S/c1-13-14(2)23-16(22-13)11-20-17(19-5)21-12-18(3,4)15-9-7-6-8-10-15/h6-10H,11-12H2,1-5H3,(H2,19,20,21). The van der Waals surface area contributed by atoms with Crippen LogP contribution in [0.3, 0.4) is 0 Å². The van der Waals surface area contributed by atoms with Crippen molar-refractivity contribution in [2.45, 2.75) is 39.7 Å². The molecule has 2 N–H and O–H groups in total. The van der Waals surface area contributed by atoms with Crippen LogP contribution in [0.2, 0.25) is 0 Å². The lowest BCUT2D eigenvalue weighted by atomic mass is 9.85. The van der Waals surface area contributed by atoms with Gasteiger partial charge in [-0.3, -0.25) is 4.99 Å². The van der Waals surface area contributed by atoms with Gasteiger partial charge in [-0.05, 0) is 19.4 Å². The summed E-state index contributed by atoms with van der Waals surface area (Å²) in [5.41, 5.74) is 2.46. The molecule has 0 spiro atoms. The Morgan fingerprint density at radius 1 is 1.17 bits per heavy atom. The van der Waals surface area contributed by atoms with Gasteiger partial charge in [0, 0.05) is 23.9 Å². The van der Waals surface area contributed by atoms with Crippen molar-refractivity contribution in [2.24, 2.45) is 4.99 Å². The maximum absolute atomic E-state index is 4.55. The Kier molecular flexibility index (Phi) is 5.77. The zero-order valence-electron chi connectivity index (χ0n) is 14.6. The highest BCUT2D eigenvalue weighted by molar-refractivity contribution is 7.11. The largest absolute Gasteiger partial charge is 0.356 e. The van der Waals surface area contributed by atoms with Gasteiger partial charge in [0.25, 0.3) is 0 Å². The maximum Gasteiger partial charge on any atom is 0.191 e. The number of guanidine groups is 1. The zero-order valence-corrected chi connectivity index (χ0v) is 15.4. The molecule has 124 valence electrons. The fourth-order valence-electron chi connectivity index (χ4n) is 2.29. The van der Waals surface area contributed by atoms with Crippen molar-refractivity contribution in [3.8, 4) is 0 Å². The van der Waals surface area contributed by atoms with Crippen LogP contribution in [0.1, 0.15) is 35.0 Å². The zero-order chi connectivity index (χ0) is 16.9. The van der Waals surface area contributed by atoms with Crippen molar-refractivity contribution in [1.29, 1.82) is 0 Å². The second kappa shape index (κ2) is 7.59. The van der Waals surface area contributed by atoms with Crippen molar-refractivity contribution >= 4 is 17.3 Å². The number of hydrogen-bond donors (Lipinski definition) is 2. The van der Waals surface area contributed by atoms with E-state index in [1.165, 1.54) is 10.4 Å². The summed E-state index contributed by atoms with van der Waals surface area (Å²) in [5.74, 6) is 0.805. The van der Waals surface area contributed by atoms with Gasteiger partial charge in [-0.2, -0.15) is 0 Å². The van der Waals surface area contributed by atoms with Crippen molar-refractivity contribution in [3.63, 3.8) is 0 Å². The molecule has 0 amide bonds. The lowest BCUT2D eigenvalue weighted by Crippen LogP contribution is -2.43. The summed E-state index contributed by atoms with van der Waals surface area (Å²) in [6.07, 6.45) is 0. The van der Waals surface area contributed by atoms with Crippen molar-refractivity contribution in [2.75, 3.05) is 13.6 Å². The Hall–Kier alpha value is -1.88. The highest BCUT2D eigenvalue weighted by atomic mass is 32.1. The van der Waals surface area contributed by atoms with Crippen LogP contribution >= 0.6 is 11.3 Å². The lowest BCUT2D eigenvalue weighted by molar-refractivity contribution is 0.508. The summed E-state index contributed by atoms with van der Waals surface area (Å²) in [6.45, 7) is 10.1. The van der Waals surface area contributed by atoms with Gasteiger partial charge in [-0.15, -0.1) is 11.3 Å². The molecule has 23 heavy (non-hydrogen) atoms. The smallest absolute Gasteiger partial charge is 0.191 e. The van der Waals surface area contributed by atoms with Gasteiger partial charge < -0.3 is 10.6 Å². The SMILES string of the molecule is CN=C(NCc1nc(C)c(C)s1)NCC(C)(C)c1ccccc1. The van der Waals surface area contributed by atoms with Crippen LogP contribution in [0, 0.1) is 13.8 Å². The average Bonchev–Trinajstić information content (AvgIpc) is 2.87. The molecule has 4 nitrogen and oxygen atoms in total. The third-order valence-corrected chi connectivity index (χ3v) is 5.03. The monoisotopic (exact) mass is 330 g/mol. The molecule has 2 rings (SSSR count). The summed E-state index contributed by atoms with van der Waals surface area (Å²) >= 11 is 1.73. The van der Waals surface area contributed by atoms with E-state index in [1.807, 2.05) is 13.0 Å². The van der Waals surface area contributed by atoms with Gasteiger partial charge in [0.1, 0.15) is 5.01 Å². The molecule has 2 aromatic rings. The Morgan fingerprint density at radius 3 is 2.43 bits per heavy atom. The van der Waals surface area contributed by atoms with E-state index in [0.29, 0.717) is 6.54 Å². The minimum absolute atomic E-state index is 0.0350. The molecule has 0 aliphatic rings. The van der Waals surface area contributed by atoms with E-state index in [4.69, 9.17) is 0 Å². The second-order valence-electron chi connectivity index (χ2n) is 6.28. The predicted octanol–water partition coefficient (Wildman–Crippen LogP) is 3.40. The van der Waals surface area contributed by atoms with Gasteiger partial charge in [-0.25, -0.2) is 4.98 Å². The maximum atomic E-state index is 4.55. The molecule has 1 aromatic heterocycles. The Labute approximate surface area is 143 Å². The van der Waals surface area contributed by atoms with E-state index in [0.717, 1.165) is 23.2 Å². The normalized spacial score (nSPS) is 12.3. The van der Waals surface area contributed by atoms with E-state index in [9.17, 15) is 0 Å². The van der Waals surface area contributed by atoms with Gasteiger partial charge >= 0.3 is 0 Å². The van der Waals surface area contributed by atoms with Gasteiger partial charge in [0.05, 0.1) is 12.2 Å². The summed E-state index contributed by atoms with van der Waals surface area (Å²) in [5, 5.41) is 7.84. The van der Waals surface area contributed by atoms with Crippen LogP contribution in [0.15, 0.2) is 35.3 Å². The molecular weight excluding hydrogens is 304 g/mol. The molecule has 0 bridgehead atoms. The first-order chi connectivity index (χ1) is 10.9. The summed E-state index contributed by atoms with van der Waals surface area (Å²) in [4.78, 5) is 10.1. The third kappa shape index (κ3) is 4.79. The minimum atomic E-state index is 0.0350. The quantitative estimate of drug-likeness (QED) is 0.652. The van der Waals surface area contributed by atoms with E-state index in [-0.39, 0.29) is 5.41 Å². The van der Waals surface area contributed by atoms with Crippen molar-refractivity contribution in [1.82, 2.24) is 15.6 Å².